The van der Waals surface area contributed by atoms with Gasteiger partial charge >= 0.3 is 0 Å². The Morgan fingerprint density at radius 2 is 1.67 bits per heavy atom. The summed E-state index contributed by atoms with van der Waals surface area (Å²) in [5, 5.41) is 0. The van der Waals surface area contributed by atoms with E-state index in [-0.39, 0.29) is 0 Å². The fraction of sp³-hybridized carbons (Fsp3) is 0.111. The normalized spacial score (nSPS) is 10.4. The highest BCUT2D eigenvalue weighted by molar-refractivity contribution is 5.76. The van der Waals surface area contributed by atoms with Crippen molar-refractivity contribution in [3.63, 3.8) is 0 Å². The molecule has 2 aromatic carbocycles. The Bertz CT molecular complexity index is 737. The van der Waals surface area contributed by atoms with Gasteiger partial charge in [-0.3, -0.25) is 0 Å². The van der Waals surface area contributed by atoms with Crippen molar-refractivity contribution in [1.82, 2.24) is 9.97 Å². The van der Waals surface area contributed by atoms with Crippen molar-refractivity contribution in [2.45, 2.75) is 6.92 Å². The van der Waals surface area contributed by atoms with Crippen LogP contribution in [0.4, 0.5) is 0 Å². The zero-order chi connectivity index (χ0) is 14.7. The summed E-state index contributed by atoms with van der Waals surface area (Å²) in [6.45, 7) is 2.12. The summed E-state index contributed by atoms with van der Waals surface area (Å²) >= 11 is 0. The molecule has 0 aliphatic heterocycles. The maximum atomic E-state index is 5.21. The van der Waals surface area contributed by atoms with Crippen LogP contribution >= 0.6 is 0 Å². The second-order valence-electron chi connectivity index (χ2n) is 4.80. The Balaban J connectivity index is 2.08. The Kier molecular flexibility index (Phi) is 3.65. The molecule has 1 aromatic heterocycles. The van der Waals surface area contributed by atoms with E-state index in [2.05, 4.69) is 47.2 Å². The van der Waals surface area contributed by atoms with E-state index in [0.717, 1.165) is 17.0 Å². The molecule has 0 atom stereocenters. The highest BCUT2D eigenvalue weighted by Gasteiger charge is 2.08. The van der Waals surface area contributed by atoms with Gasteiger partial charge in [0.15, 0.2) is 0 Å². The number of methoxy groups -OCH3 is 1. The van der Waals surface area contributed by atoms with Crippen LogP contribution in [0.15, 0.2) is 61.1 Å². The van der Waals surface area contributed by atoms with E-state index in [0.29, 0.717) is 0 Å². The lowest BCUT2D eigenvalue weighted by atomic mass is 9.95. The monoisotopic (exact) mass is 276 g/mol. The average molecular weight is 276 g/mol. The Hall–Kier alpha value is -2.68. The van der Waals surface area contributed by atoms with Crippen LogP contribution in [0, 0.1) is 6.92 Å². The Morgan fingerprint density at radius 3 is 2.33 bits per heavy atom. The molecule has 0 spiro atoms. The van der Waals surface area contributed by atoms with Crippen LogP contribution in [0.2, 0.25) is 0 Å². The summed E-state index contributed by atoms with van der Waals surface area (Å²) in [5.74, 6) is 0.864. The molecule has 104 valence electrons. The van der Waals surface area contributed by atoms with E-state index in [1.807, 2.05) is 18.2 Å². The third-order valence-corrected chi connectivity index (χ3v) is 3.59. The molecule has 0 amide bonds. The van der Waals surface area contributed by atoms with Gasteiger partial charge in [0.1, 0.15) is 12.1 Å². The lowest BCUT2D eigenvalue weighted by Crippen LogP contribution is -1.91. The molecule has 0 unspecified atom stereocenters. The van der Waals surface area contributed by atoms with Crippen LogP contribution in [0.3, 0.4) is 0 Å². The second-order valence-corrected chi connectivity index (χ2v) is 4.80. The van der Waals surface area contributed by atoms with Crippen molar-refractivity contribution in [1.29, 1.82) is 0 Å². The van der Waals surface area contributed by atoms with Gasteiger partial charge in [0.05, 0.1) is 12.8 Å². The van der Waals surface area contributed by atoms with E-state index in [1.54, 1.807) is 19.6 Å². The molecule has 1 heterocycles. The van der Waals surface area contributed by atoms with Crippen molar-refractivity contribution in [3.05, 3.63) is 66.6 Å². The molecule has 3 heteroatoms. The molecule has 0 bridgehead atoms. The molecule has 0 N–H and O–H groups in total. The van der Waals surface area contributed by atoms with E-state index >= 15 is 0 Å². The summed E-state index contributed by atoms with van der Waals surface area (Å²) in [4.78, 5) is 8.32. The summed E-state index contributed by atoms with van der Waals surface area (Å²) < 4.78 is 5.21. The maximum absolute atomic E-state index is 5.21. The third kappa shape index (κ3) is 2.63. The topological polar surface area (TPSA) is 35.0 Å². The first-order chi connectivity index (χ1) is 10.3. The standard InChI is InChI=1S/C18H16N2O/c1-13-16(14-6-8-15(21-2)9-7-14)4-3-5-17(13)18-10-11-19-12-20-18/h3-12H,1-2H3. The molecule has 21 heavy (non-hydrogen) atoms. The molecule has 3 aromatic rings. The van der Waals surface area contributed by atoms with Crippen LogP contribution < -0.4 is 4.74 Å². The van der Waals surface area contributed by atoms with Gasteiger partial charge < -0.3 is 4.74 Å². The zero-order valence-electron chi connectivity index (χ0n) is 12.1. The molecule has 3 nitrogen and oxygen atoms in total. The summed E-state index contributed by atoms with van der Waals surface area (Å²) in [7, 11) is 1.68. The zero-order valence-corrected chi connectivity index (χ0v) is 12.1. The predicted octanol–water partition coefficient (Wildman–Crippen LogP) is 4.13. The van der Waals surface area contributed by atoms with Crippen LogP contribution in [0.5, 0.6) is 5.75 Å². The number of aromatic nitrogens is 2. The fourth-order valence-corrected chi connectivity index (χ4v) is 2.45. The van der Waals surface area contributed by atoms with Crippen LogP contribution in [-0.4, -0.2) is 17.1 Å². The molecular weight excluding hydrogens is 260 g/mol. The number of hydrogen-bond acceptors (Lipinski definition) is 3. The van der Waals surface area contributed by atoms with E-state index in [1.165, 1.54) is 16.7 Å². The van der Waals surface area contributed by atoms with E-state index in [4.69, 9.17) is 4.74 Å². The van der Waals surface area contributed by atoms with Gasteiger partial charge in [-0.2, -0.15) is 0 Å². The highest BCUT2D eigenvalue weighted by Crippen LogP contribution is 2.31. The summed E-state index contributed by atoms with van der Waals surface area (Å²) in [5.41, 5.74) is 5.66. The lowest BCUT2D eigenvalue weighted by Gasteiger charge is -2.11. The summed E-state index contributed by atoms with van der Waals surface area (Å²) in [6.07, 6.45) is 3.34. The fourth-order valence-electron chi connectivity index (χ4n) is 2.45. The predicted molar refractivity (Wildman–Crippen MR) is 84.2 cm³/mol. The SMILES string of the molecule is COc1ccc(-c2cccc(-c3ccncn3)c2C)cc1. The first-order valence-electron chi connectivity index (χ1n) is 6.80. The number of benzene rings is 2. The molecule has 0 saturated heterocycles. The summed E-state index contributed by atoms with van der Waals surface area (Å²) in [6, 6.07) is 16.3. The Labute approximate surface area is 124 Å². The number of rotatable bonds is 3. The average Bonchev–Trinajstić information content (AvgIpc) is 2.56. The van der Waals surface area contributed by atoms with Gasteiger partial charge in [-0.15, -0.1) is 0 Å². The number of ether oxygens (including phenoxy) is 1. The largest absolute Gasteiger partial charge is 0.497 e. The Morgan fingerprint density at radius 1 is 0.905 bits per heavy atom. The molecule has 0 aliphatic carbocycles. The van der Waals surface area contributed by atoms with Crippen LogP contribution in [0.1, 0.15) is 5.56 Å². The smallest absolute Gasteiger partial charge is 0.118 e. The third-order valence-electron chi connectivity index (χ3n) is 3.59. The minimum atomic E-state index is 0.864. The van der Waals surface area contributed by atoms with Crippen LogP contribution in [0.25, 0.3) is 22.4 Å². The van der Waals surface area contributed by atoms with E-state index in [9.17, 15) is 0 Å². The highest BCUT2D eigenvalue weighted by atomic mass is 16.5. The number of hydrogen-bond donors (Lipinski definition) is 0. The minimum Gasteiger partial charge on any atom is -0.497 e. The van der Waals surface area contributed by atoms with Gasteiger partial charge in [-0.1, -0.05) is 30.3 Å². The van der Waals surface area contributed by atoms with Crippen molar-refractivity contribution < 1.29 is 4.74 Å². The molecule has 0 fully saturated rings. The van der Waals surface area contributed by atoms with E-state index < -0.39 is 0 Å². The quantitative estimate of drug-likeness (QED) is 0.721. The van der Waals surface area contributed by atoms with Gasteiger partial charge in [0.2, 0.25) is 0 Å². The molecular formula is C18H16N2O. The van der Waals surface area contributed by atoms with Crippen molar-refractivity contribution >= 4 is 0 Å². The van der Waals surface area contributed by atoms with Crippen LogP contribution in [-0.2, 0) is 0 Å². The van der Waals surface area contributed by atoms with Crippen molar-refractivity contribution in [2.24, 2.45) is 0 Å². The first kappa shape index (κ1) is 13.3. The van der Waals surface area contributed by atoms with Crippen molar-refractivity contribution in [3.8, 4) is 28.1 Å². The second kappa shape index (κ2) is 5.75. The van der Waals surface area contributed by atoms with Gasteiger partial charge in [0.25, 0.3) is 0 Å². The molecule has 0 radical (unpaired) electrons. The minimum absolute atomic E-state index is 0.864. The molecule has 3 rings (SSSR count). The lowest BCUT2D eigenvalue weighted by molar-refractivity contribution is 0.415. The van der Waals surface area contributed by atoms with Crippen molar-refractivity contribution in [2.75, 3.05) is 7.11 Å². The maximum Gasteiger partial charge on any atom is 0.118 e. The number of nitrogens with zero attached hydrogens (tertiary/aromatic N) is 2. The first-order valence-corrected chi connectivity index (χ1v) is 6.80. The van der Waals surface area contributed by atoms with Gasteiger partial charge in [-0.05, 0) is 41.8 Å². The molecule has 0 saturated carbocycles. The van der Waals surface area contributed by atoms with Gasteiger partial charge in [0, 0.05) is 11.8 Å². The molecule has 0 aliphatic rings. The van der Waals surface area contributed by atoms with Gasteiger partial charge in [-0.25, -0.2) is 9.97 Å².